The van der Waals surface area contributed by atoms with E-state index in [4.69, 9.17) is 9.72 Å². The van der Waals surface area contributed by atoms with Crippen molar-refractivity contribution in [2.24, 2.45) is 0 Å². The number of rotatable bonds is 4. The molecule has 34 heavy (non-hydrogen) atoms. The first-order valence-electron chi connectivity index (χ1n) is 12.0. The topological polar surface area (TPSA) is 81.1 Å². The predicted molar refractivity (Wildman–Crippen MR) is 138 cm³/mol. The third-order valence-electron chi connectivity index (χ3n) is 7.32. The molecule has 0 bridgehead atoms. The van der Waals surface area contributed by atoms with Gasteiger partial charge in [-0.25, -0.2) is 4.98 Å². The number of likely N-dealkylation sites (tertiary alicyclic amines) is 1. The van der Waals surface area contributed by atoms with Gasteiger partial charge in [0.2, 0.25) is 0 Å². The molecule has 0 spiro atoms. The molecule has 8 heteroatoms. The summed E-state index contributed by atoms with van der Waals surface area (Å²) in [4.78, 5) is 10.4. The lowest BCUT2D eigenvalue weighted by Gasteiger charge is -2.34. The Labute approximate surface area is 202 Å². The number of nitrogens with one attached hydrogen (secondary N) is 1. The van der Waals surface area contributed by atoms with Gasteiger partial charge in [-0.1, -0.05) is 29.8 Å². The summed E-state index contributed by atoms with van der Waals surface area (Å²) < 4.78 is 27.0. The van der Waals surface area contributed by atoms with Gasteiger partial charge in [-0.05, 0) is 37.1 Å². The lowest BCUT2D eigenvalue weighted by atomic mass is 10.1. The fourth-order valence-corrected chi connectivity index (χ4v) is 6.82. The van der Waals surface area contributed by atoms with Crippen molar-refractivity contribution in [1.29, 1.82) is 0 Å². The Kier molecular flexibility index (Phi) is 5.66. The van der Waals surface area contributed by atoms with Crippen LogP contribution in [-0.4, -0.2) is 69.7 Å². The summed E-state index contributed by atoms with van der Waals surface area (Å²) in [5.74, 6) is 1.18. The van der Waals surface area contributed by atoms with E-state index in [0.717, 1.165) is 60.7 Å². The van der Waals surface area contributed by atoms with Crippen molar-refractivity contribution in [2.75, 3.05) is 48.8 Å². The van der Waals surface area contributed by atoms with Crippen LogP contribution >= 0.6 is 10.6 Å². The number of anilines is 2. The van der Waals surface area contributed by atoms with Crippen LogP contribution in [0, 0.1) is 6.92 Å². The molecule has 6 rings (SSSR count). The predicted octanol–water partition coefficient (Wildman–Crippen LogP) is 4.56. The molecule has 2 aromatic carbocycles. The molecule has 2 fully saturated rings. The van der Waals surface area contributed by atoms with Crippen LogP contribution in [0.5, 0.6) is 0 Å². The number of aryl methyl sites for hydroxylation is 1. The number of hydrogen-bond donors (Lipinski definition) is 3. The van der Waals surface area contributed by atoms with Gasteiger partial charge in [-0.2, -0.15) is 10.6 Å². The molecule has 1 atom stereocenters. The first kappa shape index (κ1) is 22.1. The molecule has 1 aromatic heterocycles. The summed E-state index contributed by atoms with van der Waals surface area (Å²) in [5.41, 5.74) is 4.22. The number of benzene rings is 2. The van der Waals surface area contributed by atoms with Crippen molar-refractivity contribution in [3.05, 3.63) is 59.7 Å². The molecule has 0 aliphatic carbocycles. The van der Waals surface area contributed by atoms with Gasteiger partial charge in [-0.3, -0.25) is 14.0 Å². The third kappa shape index (κ3) is 4.14. The van der Waals surface area contributed by atoms with Crippen molar-refractivity contribution in [3.63, 3.8) is 0 Å². The molecule has 0 radical (unpaired) electrons. The second-order valence-electron chi connectivity index (χ2n) is 9.76. The highest BCUT2D eigenvalue weighted by molar-refractivity contribution is 8.24. The zero-order valence-corrected chi connectivity index (χ0v) is 20.3. The molecule has 2 saturated heterocycles. The SMILES string of the molecule is Cc1ccc2nc(N3CCS(O)(O)c4ccccc4C3)cc(NC3CCN(C4COC4)C3)c2c1. The first-order valence-corrected chi connectivity index (χ1v) is 13.8. The lowest BCUT2D eigenvalue weighted by Crippen LogP contribution is -2.48. The molecule has 7 nitrogen and oxygen atoms in total. The molecule has 0 saturated carbocycles. The van der Waals surface area contributed by atoms with E-state index in [1.807, 2.05) is 24.3 Å². The number of pyridine rings is 1. The minimum atomic E-state index is -2.81. The Morgan fingerprint density at radius 3 is 2.76 bits per heavy atom. The van der Waals surface area contributed by atoms with E-state index < -0.39 is 10.6 Å². The minimum Gasteiger partial charge on any atom is -0.380 e. The van der Waals surface area contributed by atoms with Crippen LogP contribution in [0.3, 0.4) is 0 Å². The molecule has 0 amide bonds. The van der Waals surface area contributed by atoms with Crippen molar-refractivity contribution >= 4 is 33.0 Å². The molecule has 3 aromatic rings. The van der Waals surface area contributed by atoms with Crippen molar-refractivity contribution in [2.45, 2.75) is 36.9 Å². The Balaban J connectivity index is 1.33. The van der Waals surface area contributed by atoms with Gasteiger partial charge in [0, 0.05) is 49.4 Å². The zero-order valence-electron chi connectivity index (χ0n) is 19.5. The summed E-state index contributed by atoms with van der Waals surface area (Å²) in [6.07, 6.45) is 1.11. The van der Waals surface area contributed by atoms with Gasteiger partial charge in [0.25, 0.3) is 0 Å². The lowest BCUT2D eigenvalue weighted by molar-refractivity contribution is -0.0571. The fourth-order valence-electron chi connectivity index (χ4n) is 5.28. The van der Waals surface area contributed by atoms with Crippen LogP contribution < -0.4 is 10.2 Å². The normalized spacial score (nSPS) is 23.9. The fraction of sp³-hybridized carbons (Fsp3) is 0.423. The van der Waals surface area contributed by atoms with Gasteiger partial charge in [0.1, 0.15) is 5.82 Å². The largest absolute Gasteiger partial charge is 0.380 e. The summed E-state index contributed by atoms with van der Waals surface area (Å²) in [6.45, 7) is 7.09. The van der Waals surface area contributed by atoms with Gasteiger partial charge < -0.3 is 15.0 Å². The monoisotopic (exact) mass is 480 g/mol. The number of nitrogens with zero attached hydrogens (tertiary/aromatic N) is 3. The molecule has 4 heterocycles. The van der Waals surface area contributed by atoms with Crippen molar-refractivity contribution in [1.82, 2.24) is 9.88 Å². The van der Waals surface area contributed by atoms with E-state index >= 15 is 0 Å². The molecule has 3 N–H and O–H groups in total. The van der Waals surface area contributed by atoms with E-state index in [-0.39, 0.29) is 0 Å². The van der Waals surface area contributed by atoms with Crippen LogP contribution in [0.25, 0.3) is 10.9 Å². The number of ether oxygens (including phenoxy) is 1. The van der Waals surface area contributed by atoms with E-state index in [9.17, 15) is 9.11 Å². The van der Waals surface area contributed by atoms with Crippen LogP contribution in [0.2, 0.25) is 0 Å². The second-order valence-corrected chi connectivity index (χ2v) is 11.9. The Hall–Kier alpha value is -2.36. The number of fused-ring (bicyclic) bond motifs is 2. The van der Waals surface area contributed by atoms with Crippen molar-refractivity contribution in [3.8, 4) is 0 Å². The van der Waals surface area contributed by atoms with E-state index in [1.165, 1.54) is 5.56 Å². The molecule has 3 aliphatic heterocycles. The third-order valence-corrected chi connectivity index (χ3v) is 9.18. The molecule has 3 aliphatic rings. The minimum absolute atomic E-state index is 0.307. The molecular formula is C26H32N4O3S. The van der Waals surface area contributed by atoms with E-state index in [2.05, 4.69) is 46.3 Å². The smallest absolute Gasteiger partial charge is 0.131 e. The van der Waals surface area contributed by atoms with Gasteiger partial charge in [0.05, 0.1) is 35.4 Å². The van der Waals surface area contributed by atoms with Crippen molar-refractivity contribution < 1.29 is 13.8 Å². The Morgan fingerprint density at radius 1 is 1.09 bits per heavy atom. The van der Waals surface area contributed by atoms with E-state index in [1.54, 1.807) is 0 Å². The maximum Gasteiger partial charge on any atom is 0.131 e. The van der Waals surface area contributed by atoms with Crippen LogP contribution in [0.1, 0.15) is 17.5 Å². The summed E-state index contributed by atoms with van der Waals surface area (Å²) in [7, 11) is -2.81. The molecule has 180 valence electrons. The molecular weight excluding hydrogens is 448 g/mol. The highest BCUT2D eigenvalue weighted by Gasteiger charge is 2.33. The maximum absolute atomic E-state index is 10.8. The zero-order chi connectivity index (χ0) is 23.3. The van der Waals surface area contributed by atoms with E-state index in [0.29, 0.717) is 35.8 Å². The Bertz CT molecular complexity index is 1220. The average molecular weight is 481 g/mol. The highest BCUT2D eigenvalue weighted by Crippen LogP contribution is 2.51. The number of aromatic nitrogens is 1. The maximum atomic E-state index is 10.8. The van der Waals surface area contributed by atoms with Gasteiger partial charge in [0.15, 0.2) is 0 Å². The summed E-state index contributed by atoms with van der Waals surface area (Å²) >= 11 is 0. The molecule has 1 unspecified atom stereocenters. The van der Waals surface area contributed by atoms with Gasteiger partial charge in [-0.15, -0.1) is 0 Å². The quantitative estimate of drug-likeness (QED) is 0.505. The average Bonchev–Trinajstić information content (AvgIpc) is 3.17. The standard InChI is InChI=1S/C26H32N4O3S/c1-18-6-7-23-22(12-18)24(27-20-8-9-29(15-20)21-16-33-17-21)13-26(28-23)30-10-11-34(31,32)25-5-3-2-4-19(25)14-30/h2-7,12-13,20-21,31-32H,8-11,14-17H2,1H3,(H,27,28). The van der Waals surface area contributed by atoms with Crippen LogP contribution in [-0.2, 0) is 11.3 Å². The highest BCUT2D eigenvalue weighted by atomic mass is 32.3. The summed E-state index contributed by atoms with van der Waals surface area (Å²) in [6, 6.07) is 17.2. The Morgan fingerprint density at radius 2 is 1.94 bits per heavy atom. The first-order chi connectivity index (χ1) is 16.5. The van der Waals surface area contributed by atoms with Crippen LogP contribution in [0.4, 0.5) is 11.5 Å². The van der Waals surface area contributed by atoms with Crippen LogP contribution in [0.15, 0.2) is 53.4 Å². The van der Waals surface area contributed by atoms with Gasteiger partial charge >= 0.3 is 0 Å². The number of hydrogen-bond acceptors (Lipinski definition) is 7. The second kappa shape index (κ2) is 8.70. The summed E-state index contributed by atoms with van der Waals surface area (Å²) in [5, 5.41) is 4.96.